The van der Waals surface area contributed by atoms with Gasteiger partial charge in [-0.2, -0.15) is 13.2 Å². The van der Waals surface area contributed by atoms with E-state index in [2.05, 4.69) is 4.72 Å². The second-order valence-electron chi connectivity index (χ2n) is 11.6. The molecule has 0 unspecified atom stereocenters. The van der Waals surface area contributed by atoms with Crippen LogP contribution in [-0.4, -0.2) is 49.7 Å². The van der Waals surface area contributed by atoms with Crippen LogP contribution in [0.5, 0.6) is 0 Å². The summed E-state index contributed by atoms with van der Waals surface area (Å²) in [5.74, 6) is -0.871. The van der Waals surface area contributed by atoms with Gasteiger partial charge in [0.15, 0.2) is 0 Å². The molecule has 2 amide bonds. The number of anilines is 1. The maximum Gasteiger partial charge on any atom is 0.416 e. The van der Waals surface area contributed by atoms with Crippen molar-refractivity contribution in [2.24, 2.45) is 0 Å². The van der Waals surface area contributed by atoms with Crippen molar-refractivity contribution >= 4 is 27.5 Å². The lowest BCUT2D eigenvalue weighted by Crippen LogP contribution is -2.51. The van der Waals surface area contributed by atoms with E-state index in [1.807, 2.05) is 33.8 Å². The summed E-state index contributed by atoms with van der Waals surface area (Å²) in [7, 11) is -4.07. The number of aryl methyl sites for hydroxylation is 1. The number of sulfonamides is 1. The Morgan fingerprint density at radius 3 is 2.17 bits per heavy atom. The van der Waals surface area contributed by atoms with Gasteiger partial charge in [0.05, 0.1) is 21.7 Å². The Kier molecular flexibility index (Phi) is 8.46. The van der Waals surface area contributed by atoms with Crippen LogP contribution in [0.1, 0.15) is 58.9 Å². The number of nitrogens with zero attached hydrogens (tertiary/aromatic N) is 2. The van der Waals surface area contributed by atoms with Crippen molar-refractivity contribution in [2.45, 2.75) is 57.7 Å². The maximum atomic E-state index is 13.6. The molecule has 3 aromatic rings. The maximum absolute atomic E-state index is 13.6. The van der Waals surface area contributed by atoms with Gasteiger partial charge in [0.1, 0.15) is 6.54 Å². The SMILES string of the molecule is Cc1cc(C(C)(C)C)cc(S(=O)(=O)Nc2ccccc2C(=O)N2CCN(Cc3ccc(C(F)(F)F)cc3)C(=O)C2)c1C. The molecule has 1 fully saturated rings. The van der Waals surface area contributed by atoms with Gasteiger partial charge in [0, 0.05) is 19.6 Å². The zero-order valence-corrected chi connectivity index (χ0v) is 25.0. The highest BCUT2D eigenvalue weighted by molar-refractivity contribution is 7.92. The van der Waals surface area contributed by atoms with Gasteiger partial charge >= 0.3 is 6.18 Å². The smallest absolute Gasteiger partial charge is 0.335 e. The lowest BCUT2D eigenvalue weighted by atomic mass is 9.85. The standard InChI is InChI=1S/C31H34F3N3O4S/c1-20-16-24(30(3,4)5)17-27(21(20)2)42(40,41)35-26-9-7-6-8-25(26)29(39)37-15-14-36(28(38)19-37)18-22-10-12-23(13-11-22)31(32,33)34/h6-13,16-17,35H,14-15,18-19H2,1-5H3. The highest BCUT2D eigenvalue weighted by atomic mass is 32.2. The fraction of sp³-hybridized carbons (Fsp3) is 0.355. The van der Waals surface area contributed by atoms with Crippen molar-refractivity contribution in [3.63, 3.8) is 0 Å². The molecule has 1 aliphatic heterocycles. The van der Waals surface area contributed by atoms with Gasteiger partial charge in [-0.25, -0.2) is 8.42 Å². The fourth-order valence-corrected chi connectivity index (χ4v) is 6.16. The summed E-state index contributed by atoms with van der Waals surface area (Å²) in [5, 5.41) is 0. The molecule has 0 atom stereocenters. The number of para-hydroxylation sites is 1. The predicted molar refractivity (Wildman–Crippen MR) is 155 cm³/mol. The zero-order valence-electron chi connectivity index (χ0n) is 24.2. The second-order valence-corrected chi connectivity index (χ2v) is 13.2. The number of piperazine rings is 1. The zero-order chi connectivity index (χ0) is 31.0. The van der Waals surface area contributed by atoms with Crippen LogP contribution in [-0.2, 0) is 33.0 Å². The van der Waals surface area contributed by atoms with Crippen LogP contribution in [0, 0.1) is 13.8 Å². The number of amides is 2. The number of benzene rings is 3. The predicted octanol–water partition coefficient (Wildman–Crippen LogP) is 5.91. The molecule has 0 saturated carbocycles. The van der Waals surface area contributed by atoms with E-state index in [0.717, 1.165) is 23.3 Å². The number of nitrogens with one attached hydrogen (secondary N) is 1. The number of halogens is 3. The number of rotatable bonds is 6. The molecule has 0 radical (unpaired) electrons. The first-order chi connectivity index (χ1) is 19.5. The number of hydrogen-bond acceptors (Lipinski definition) is 4. The Morgan fingerprint density at radius 1 is 0.929 bits per heavy atom. The first-order valence-electron chi connectivity index (χ1n) is 13.4. The number of carbonyl (C=O) groups is 2. The van der Waals surface area contributed by atoms with E-state index >= 15 is 0 Å². The van der Waals surface area contributed by atoms with E-state index in [0.29, 0.717) is 11.1 Å². The molecule has 1 N–H and O–H groups in total. The third kappa shape index (κ3) is 6.78. The molecule has 0 aromatic heterocycles. The first kappa shape index (κ1) is 31.1. The average Bonchev–Trinajstić information content (AvgIpc) is 2.90. The van der Waals surface area contributed by atoms with Gasteiger partial charge in [-0.05, 0) is 71.8 Å². The van der Waals surface area contributed by atoms with Gasteiger partial charge < -0.3 is 9.80 Å². The first-order valence-corrected chi connectivity index (χ1v) is 14.9. The molecule has 1 heterocycles. The molecule has 1 saturated heterocycles. The Hall–Kier alpha value is -3.86. The summed E-state index contributed by atoms with van der Waals surface area (Å²) in [5.41, 5.74) is 1.99. The van der Waals surface area contributed by atoms with Gasteiger partial charge in [0.2, 0.25) is 5.91 Å². The summed E-state index contributed by atoms with van der Waals surface area (Å²) < 4.78 is 68.3. The largest absolute Gasteiger partial charge is 0.416 e. The summed E-state index contributed by atoms with van der Waals surface area (Å²) in [6.07, 6.45) is -4.45. The van der Waals surface area contributed by atoms with Crippen molar-refractivity contribution in [3.8, 4) is 0 Å². The minimum Gasteiger partial charge on any atom is -0.335 e. The molecule has 0 bridgehead atoms. The molecular formula is C31H34F3N3O4S. The number of hydrogen-bond donors (Lipinski definition) is 1. The third-order valence-electron chi connectivity index (χ3n) is 7.44. The Labute approximate surface area is 244 Å². The monoisotopic (exact) mass is 601 g/mol. The molecule has 42 heavy (non-hydrogen) atoms. The van der Waals surface area contributed by atoms with Crippen molar-refractivity contribution in [3.05, 3.63) is 94.0 Å². The molecule has 0 spiro atoms. The molecule has 4 rings (SSSR count). The van der Waals surface area contributed by atoms with Gasteiger partial charge in [-0.1, -0.05) is 51.1 Å². The summed E-state index contributed by atoms with van der Waals surface area (Å²) >= 11 is 0. The lowest BCUT2D eigenvalue weighted by Gasteiger charge is -2.34. The van der Waals surface area contributed by atoms with Gasteiger partial charge in [-0.3, -0.25) is 14.3 Å². The molecular weight excluding hydrogens is 567 g/mol. The van der Waals surface area contributed by atoms with E-state index in [4.69, 9.17) is 0 Å². The van der Waals surface area contributed by atoms with E-state index in [-0.39, 0.29) is 53.6 Å². The number of carbonyl (C=O) groups excluding carboxylic acids is 2. The molecule has 224 valence electrons. The van der Waals surface area contributed by atoms with Crippen molar-refractivity contribution < 1.29 is 31.2 Å². The third-order valence-corrected chi connectivity index (χ3v) is 8.93. The van der Waals surface area contributed by atoms with Crippen molar-refractivity contribution in [2.75, 3.05) is 24.4 Å². The van der Waals surface area contributed by atoms with Crippen LogP contribution in [0.4, 0.5) is 18.9 Å². The quantitative estimate of drug-likeness (QED) is 0.381. The Bertz CT molecular complexity index is 1610. The van der Waals surface area contributed by atoms with E-state index in [9.17, 15) is 31.2 Å². The van der Waals surface area contributed by atoms with E-state index in [1.54, 1.807) is 25.1 Å². The van der Waals surface area contributed by atoms with Crippen molar-refractivity contribution in [1.82, 2.24) is 9.80 Å². The Balaban J connectivity index is 1.51. The van der Waals surface area contributed by atoms with E-state index in [1.165, 1.54) is 34.1 Å². The highest BCUT2D eigenvalue weighted by Gasteiger charge is 2.32. The van der Waals surface area contributed by atoms with Crippen molar-refractivity contribution in [1.29, 1.82) is 0 Å². The van der Waals surface area contributed by atoms with Crippen LogP contribution in [0.15, 0.2) is 65.6 Å². The van der Waals surface area contributed by atoms with Crippen LogP contribution in [0.3, 0.4) is 0 Å². The van der Waals surface area contributed by atoms with Gasteiger partial charge in [0.25, 0.3) is 15.9 Å². The summed E-state index contributed by atoms with van der Waals surface area (Å²) in [6, 6.07) is 14.5. The summed E-state index contributed by atoms with van der Waals surface area (Å²) in [4.78, 5) is 29.3. The lowest BCUT2D eigenvalue weighted by molar-refractivity contribution is -0.138. The second kappa shape index (κ2) is 11.4. The minimum atomic E-state index is -4.45. The molecule has 0 aliphatic carbocycles. The number of alkyl halides is 3. The van der Waals surface area contributed by atoms with Crippen LogP contribution in [0.2, 0.25) is 0 Å². The average molecular weight is 602 g/mol. The molecule has 3 aromatic carbocycles. The minimum absolute atomic E-state index is 0.0975. The van der Waals surface area contributed by atoms with Crippen LogP contribution in [0.25, 0.3) is 0 Å². The molecule has 1 aliphatic rings. The normalized spacial score (nSPS) is 14.7. The fourth-order valence-electron chi connectivity index (χ4n) is 4.74. The molecule has 7 nitrogen and oxygen atoms in total. The molecule has 11 heteroatoms. The topological polar surface area (TPSA) is 86.8 Å². The highest BCUT2D eigenvalue weighted by Crippen LogP contribution is 2.32. The Morgan fingerprint density at radius 2 is 1.57 bits per heavy atom. The van der Waals surface area contributed by atoms with Crippen LogP contribution < -0.4 is 4.72 Å². The summed E-state index contributed by atoms with van der Waals surface area (Å²) in [6.45, 7) is 9.82. The van der Waals surface area contributed by atoms with E-state index < -0.39 is 27.7 Å². The van der Waals surface area contributed by atoms with Gasteiger partial charge in [-0.15, -0.1) is 0 Å². The van der Waals surface area contributed by atoms with Crippen LogP contribution >= 0.6 is 0 Å².